The van der Waals surface area contributed by atoms with Crippen LogP contribution in [-0.4, -0.2) is 0 Å². The van der Waals surface area contributed by atoms with Crippen molar-refractivity contribution in [1.29, 1.82) is 0 Å². The molecule has 0 aliphatic heterocycles. The Morgan fingerprint density at radius 2 is 1.32 bits per heavy atom. The summed E-state index contributed by atoms with van der Waals surface area (Å²) in [6.07, 6.45) is 12.9. The van der Waals surface area contributed by atoms with Crippen molar-refractivity contribution in [3.63, 3.8) is 0 Å². The van der Waals surface area contributed by atoms with E-state index in [-0.39, 0.29) is 5.41 Å². The van der Waals surface area contributed by atoms with E-state index in [4.69, 9.17) is 0 Å². The van der Waals surface area contributed by atoms with Gasteiger partial charge in [0.1, 0.15) is 0 Å². The largest absolute Gasteiger partial charge is 0.0619 e. The second kappa shape index (κ2) is 9.57. The van der Waals surface area contributed by atoms with Crippen molar-refractivity contribution in [1.82, 2.24) is 0 Å². The maximum atomic E-state index is 2.75. The first kappa shape index (κ1) is 27.5. The molecule has 4 saturated carbocycles. The van der Waals surface area contributed by atoms with Gasteiger partial charge in [0.2, 0.25) is 0 Å². The molecule has 4 aromatic carbocycles. The van der Waals surface area contributed by atoms with Gasteiger partial charge in [-0.3, -0.25) is 0 Å². The van der Waals surface area contributed by atoms with Crippen LogP contribution in [0.3, 0.4) is 0 Å². The van der Waals surface area contributed by atoms with E-state index >= 15 is 0 Å². The summed E-state index contributed by atoms with van der Waals surface area (Å²) < 4.78 is 0. The van der Waals surface area contributed by atoms with Crippen LogP contribution in [0, 0.1) is 34.5 Å². The zero-order valence-electron chi connectivity index (χ0n) is 27.4. The number of hydrogen-bond donors (Lipinski definition) is 0. The highest BCUT2D eigenvalue weighted by atomic mass is 14.6. The summed E-state index contributed by atoms with van der Waals surface area (Å²) in [4.78, 5) is 0. The molecule has 2 unspecified atom stereocenters. The predicted molar refractivity (Wildman–Crippen MR) is 185 cm³/mol. The topological polar surface area (TPSA) is 0 Å². The molecule has 4 fully saturated rings. The SMILES string of the molecule is CC1(C)c2ccccc2-c2ccc(C3C[C@H]4[C@@H]5CC[C@H]6CC(c7ccc8ccccc8c7)CC[C@]6(C)[C@H]5CC[C@]4(C)C3)cc21. The molecule has 0 spiro atoms. The molecule has 0 saturated heterocycles. The highest BCUT2D eigenvalue weighted by molar-refractivity contribution is 5.83. The molecule has 0 nitrogen and oxygen atoms in total. The Labute approximate surface area is 265 Å². The minimum absolute atomic E-state index is 0.0982. The van der Waals surface area contributed by atoms with Crippen LogP contribution >= 0.6 is 0 Å². The lowest BCUT2D eigenvalue weighted by Crippen LogP contribution is -2.52. The lowest BCUT2D eigenvalue weighted by atomic mass is 9.44. The molecule has 0 aromatic heterocycles. The average Bonchev–Trinajstić information content (AvgIpc) is 3.52. The zero-order chi connectivity index (χ0) is 29.8. The number of rotatable bonds is 2. The van der Waals surface area contributed by atoms with Gasteiger partial charge in [-0.15, -0.1) is 0 Å². The third-order valence-corrected chi connectivity index (χ3v) is 14.8. The summed E-state index contributed by atoms with van der Waals surface area (Å²) in [5, 5.41) is 2.80. The highest BCUT2D eigenvalue weighted by Crippen LogP contribution is 2.69. The first-order chi connectivity index (χ1) is 21.2. The molecular weight excluding hydrogens is 528 g/mol. The highest BCUT2D eigenvalue weighted by Gasteiger charge is 2.59. The first-order valence-corrected chi connectivity index (χ1v) is 18.0. The fourth-order valence-electron chi connectivity index (χ4n) is 12.3. The van der Waals surface area contributed by atoms with Crippen LogP contribution in [-0.2, 0) is 5.41 Å². The normalized spacial score (nSPS) is 36.6. The Bertz CT molecular complexity index is 1760. The summed E-state index contributed by atoms with van der Waals surface area (Å²) >= 11 is 0. The Kier molecular flexibility index (Phi) is 5.97. The molecular formula is C44H50. The Morgan fingerprint density at radius 3 is 2.20 bits per heavy atom. The summed E-state index contributed by atoms with van der Waals surface area (Å²) in [6, 6.07) is 33.0. The molecule has 5 aliphatic carbocycles. The van der Waals surface area contributed by atoms with Crippen molar-refractivity contribution in [2.75, 3.05) is 0 Å². The minimum atomic E-state index is 0.0982. The van der Waals surface area contributed by atoms with Gasteiger partial charge in [-0.2, -0.15) is 0 Å². The average molecular weight is 579 g/mol. The van der Waals surface area contributed by atoms with Crippen molar-refractivity contribution < 1.29 is 0 Å². The number of benzene rings is 4. The van der Waals surface area contributed by atoms with Gasteiger partial charge in [0.05, 0.1) is 0 Å². The molecule has 0 bridgehead atoms. The van der Waals surface area contributed by atoms with Crippen LogP contribution in [0.4, 0.5) is 0 Å². The van der Waals surface area contributed by atoms with Gasteiger partial charge in [-0.05, 0) is 148 Å². The van der Waals surface area contributed by atoms with E-state index in [1.165, 1.54) is 85.3 Å². The van der Waals surface area contributed by atoms with Crippen LogP contribution in [0.5, 0.6) is 0 Å². The molecule has 0 heterocycles. The summed E-state index contributed by atoms with van der Waals surface area (Å²) in [5.41, 5.74) is 10.4. The lowest BCUT2D eigenvalue weighted by Gasteiger charge is -2.60. The maximum Gasteiger partial charge on any atom is 0.0158 e. The van der Waals surface area contributed by atoms with Crippen LogP contribution in [0.25, 0.3) is 21.9 Å². The standard InChI is InChI=1S/C44H50/c1-42(2)38-12-8-7-11-35(38)36-17-15-31(25-40(36)42)33-26-41-37-18-16-34-24-32(30-14-13-28-9-5-6-10-29(28)23-30)19-22-44(34,4)39(37)20-21-43(41,3)27-33/h5-15,17,23,25,32-34,37,39,41H,16,18-22,24,26-27H2,1-4H3/t32?,33?,34-,37+,39-,41-,43+,44-/m0/s1. The number of hydrogen-bond acceptors (Lipinski definition) is 0. The fourth-order valence-corrected chi connectivity index (χ4v) is 12.3. The molecule has 0 radical (unpaired) electrons. The molecule has 4 aromatic rings. The van der Waals surface area contributed by atoms with Crippen molar-refractivity contribution >= 4 is 10.8 Å². The van der Waals surface area contributed by atoms with Crippen molar-refractivity contribution in [3.8, 4) is 11.1 Å². The fraction of sp³-hybridized carbons (Fsp3) is 0.500. The molecule has 5 aliphatic rings. The third-order valence-electron chi connectivity index (χ3n) is 14.8. The van der Waals surface area contributed by atoms with E-state index in [0.29, 0.717) is 10.8 Å². The van der Waals surface area contributed by atoms with E-state index < -0.39 is 0 Å². The summed E-state index contributed by atoms with van der Waals surface area (Å²) in [7, 11) is 0. The monoisotopic (exact) mass is 578 g/mol. The first-order valence-electron chi connectivity index (χ1n) is 18.0. The van der Waals surface area contributed by atoms with Crippen LogP contribution in [0.15, 0.2) is 84.9 Å². The molecule has 0 heteroatoms. The smallest absolute Gasteiger partial charge is 0.0158 e. The van der Waals surface area contributed by atoms with Crippen LogP contribution in [0.2, 0.25) is 0 Å². The van der Waals surface area contributed by atoms with Gasteiger partial charge in [-0.25, -0.2) is 0 Å². The van der Waals surface area contributed by atoms with Crippen LogP contribution < -0.4 is 0 Å². The van der Waals surface area contributed by atoms with Gasteiger partial charge >= 0.3 is 0 Å². The van der Waals surface area contributed by atoms with E-state index in [1.807, 2.05) is 0 Å². The second-order valence-corrected chi connectivity index (χ2v) is 17.0. The molecule has 8 atom stereocenters. The maximum absolute atomic E-state index is 2.75. The quantitative estimate of drug-likeness (QED) is 0.222. The van der Waals surface area contributed by atoms with Gasteiger partial charge < -0.3 is 0 Å². The van der Waals surface area contributed by atoms with Gasteiger partial charge in [0.15, 0.2) is 0 Å². The van der Waals surface area contributed by atoms with Crippen molar-refractivity contribution in [3.05, 3.63) is 107 Å². The van der Waals surface area contributed by atoms with Crippen LogP contribution in [0.1, 0.15) is 120 Å². The van der Waals surface area contributed by atoms with Crippen molar-refractivity contribution in [2.45, 2.75) is 103 Å². The Balaban J connectivity index is 0.956. The zero-order valence-corrected chi connectivity index (χ0v) is 27.4. The lowest BCUT2D eigenvalue weighted by molar-refractivity contribution is -0.106. The number of fused-ring (bicyclic) bond motifs is 9. The molecule has 0 N–H and O–H groups in total. The van der Waals surface area contributed by atoms with E-state index in [9.17, 15) is 0 Å². The Morgan fingerprint density at radius 1 is 0.568 bits per heavy atom. The van der Waals surface area contributed by atoms with Crippen molar-refractivity contribution in [2.24, 2.45) is 34.5 Å². The summed E-state index contributed by atoms with van der Waals surface area (Å²) in [6.45, 7) is 10.3. The van der Waals surface area contributed by atoms with E-state index in [2.05, 4.69) is 113 Å². The molecule has 9 rings (SSSR count). The van der Waals surface area contributed by atoms with E-state index in [0.717, 1.165) is 35.5 Å². The summed E-state index contributed by atoms with van der Waals surface area (Å²) in [5.74, 6) is 5.14. The second-order valence-electron chi connectivity index (χ2n) is 17.0. The third kappa shape index (κ3) is 3.88. The van der Waals surface area contributed by atoms with E-state index in [1.54, 1.807) is 16.7 Å². The predicted octanol–water partition coefficient (Wildman–Crippen LogP) is 12.1. The van der Waals surface area contributed by atoms with Gasteiger partial charge in [0, 0.05) is 5.41 Å². The molecule has 0 amide bonds. The minimum Gasteiger partial charge on any atom is -0.0619 e. The molecule has 44 heavy (non-hydrogen) atoms. The van der Waals surface area contributed by atoms with Gasteiger partial charge in [-0.1, -0.05) is 113 Å². The Hall–Kier alpha value is -2.86. The van der Waals surface area contributed by atoms with Gasteiger partial charge in [0.25, 0.3) is 0 Å². The molecule has 226 valence electrons.